The molecule has 1 aromatic heterocycles. The number of methoxy groups -OCH3 is 1. The second kappa shape index (κ2) is 14.8. The van der Waals surface area contributed by atoms with Crippen molar-refractivity contribution < 1.29 is 4.74 Å². The van der Waals surface area contributed by atoms with E-state index < -0.39 is 0 Å². The maximum Gasteiger partial charge on any atom is 0.191 e. The third kappa shape index (κ3) is 11.4. The van der Waals surface area contributed by atoms with Gasteiger partial charge in [0.05, 0.1) is 6.61 Å². The number of ether oxygens (including phenoxy) is 1. The van der Waals surface area contributed by atoms with Gasteiger partial charge in [0.25, 0.3) is 0 Å². The lowest BCUT2D eigenvalue weighted by molar-refractivity contribution is 0.161. The van der Waals surface area contributed by atoms with E-state index >= 15 is 0 Å². The predicted octanol–water partition coefficient (Wildman–Crippen LogP) is 1.63. The Morgan fingerprint density at radius 3 is 2.61 bits per heavy atom. The van der Waals surface area contributed by atoms with Crippen molar-refractivity contribution in [2.75, 3.05) is 53.5 Å². The highest BCUT2D eigenvalue weighted by atomic mass is 127. The molecule has 0 saturated heterocycles. The van der Waals surface area contributed by atoms with Crippen LogP contribution in [0.3, 0.4) is 0 Å². The number of nitrogens with zero attached hydrogens (tertiary/aromatic N) is 3. The topological polar surface area (TPSA) is 53.8 Å². The van der Waals surface area contributed by atoms with Gasteiger partial charge < -0.3 is 24.8 Å². The number of hydrogen-bond donors (Lipinski definition) is 2. The van der Waals surface area contributed by atoms with Gasteiger partial charge in [0.1, 0.15) is 0 Å². The molecule has 0 saturated carbocycles. The molecule has 6 nitrogen and oxygen atoms in total. The summed E-state index contributed by atoms with van der Waals surface area (Å²) >= 11 is 0. The van der Waals surface area contributed by atoms with Crippen LogP contribution in [0, 0.1) is 0 Å². The highest BCUT2D eigenvalue weighted by Crippen LogP contribution is 1.90. The van der Waals surface area contributed by atoms with Crippen molar-refractivity contribution in [1.29, 1.82) is 0 Å². The summed E-state index contributed by atoms with van der Waals surface area (Å²) in [5.41, 5.74) is 0. The Hall–Kier alpha value is -0.800. The summed E-state index contributed by atoms with van der Waals surface area (Å²) in [6.45, 7) is 8.39. The summed E-state index contributed by atoms with van der Waals surface area (Å²) in [7, 11) is 3.85. The van der Waals surface area contributed by atoms with E-state index in [1.807, 2.05) is 12.1 Å². The van der Waals surface area contributed by atoms with Crippen molar-refractivity contribution in [2.45, 2.75) is 19.9 Å². The van der Waals surface area contributed by atoms with Crippen molar-refractivity contribution in [3.8, 4) is 0 Å². The molecule has 0 amide bonds. The fraction of sp³-hybridized carbons (Fsp3) is 0.688. The van der Waals surface area contributed by atoms with E-state index in [9.17, 15) is 0 Å². The molecule has 0 atom stereocenters. The van der Waals surface area contributed by atoms with Gasteiger partial charge in [-0.25, -0.2) is 0 Å². The van der Waals surface area contributed by atoms with Crippen LogP contribution in [0.25, 0.3) is 0 Å². The van der Waals surface area contributed by atoms with Crippen LogP contribution in [-0.4, -0.2) is 68.9 Å². The van der Waals surface area contributed by atoms with Crippen LogP contribution < -0.4 is 10.6 Å². The molecule has 1 aromatic rings. The molecular formula is C16H32IN5O. The molecule has 0 unspecified atom stereocenters. The standard InChI is InChI=1S/C16H31N5O.HI/c1-4-17-16(19-9-13-21-11-5-6-12-21)18-8-7-10-20(2)14-15-22-3;/h5-6,11-12H,4,7-10,13-15H2,1-3H3,(H2,17,18,19);1H. The first-order valence-corrected chi connectivity index (χ1v) is 8.06. The summed E-state index contributed by atoms with van der Waals surface area (Å²) < 4.78 is 7.23. The van der Waals surface area contributed by atoms with Gasteiger partial charge in [0.15, 0.2) is 5.96 Å². The average molecular weight is 437 g/mol. The van der Waals surface area contributed by atoms with E-state index in [4.69, 9.17) is 4.74 Å². The Morgan fingerprint density at radius 2 is 1.96 bits per heavy atom. The van der Waals surface area contributed by atoms with Crippen molar-refractivity contribution in [1.82, 2.24) is 20.1 Å². The summed E-state index contributed by atoms with van der Waals surface area (Å²) in [5.74, 6) is 0.897. The van der Waals surface area contributed by atoms with Gasteiger partial charge in [0.2, 0.25) is 0 Å². The number of hydrogen-bond acceptors (Lipinski definition) is 3. The van der Waals surface area contributed by atoms with Crippen molar-refractivity contribution in [3.05, 3.63) is 24.5 Å². The van der Waals surface area contributed by atoms with Gasteiger partial charge in [-0.15, -0.1) is 24.0 Å². The molecule has 1 heterocycles. The maximum atomic E-state index is 5.07. The normalized spacial score (nSPS) is 11.4. The Labute approximate surface area is 157 Å². The zero-order valence-electron chi connectivity index (χ0n) is 14.6. The van der Waals surface area contributed by atoms with E-state index in [-0.39, 0.29) is 24.0 Å². The fourth-order valence-corrected chi connectivity index (χ4v) is 2.05. The molecule has 1 rings (SSSR count). The molecular weight excluding hydrogens is 405 g/mol. The summed E-state index contributed by atoms with van der Waals surface area (Å²) in [6, 6.07) is 4.08. The molecule has 0 bridgehead atoms. The molecule has 0 spiro atoms. The number of nitrogens with one attached hydrogen (secondary N) is 2. The van der Waals surface area contributed by atoms with Crippen LogP contribution in [0.2, 0.25) is 0 Å². The van der Waals surface area contributed by atoms with Gasteiger partial charge in [-0.2, -0.15) is 0 Å². The molecule has 23 heavy (non-hydrogen) atoms. The molecule has 0 radical (unpaired) electrons. The number of aromatic nitrogens is 1. The zero-order chi connectivity index (χ0) is 16.0. The van der Waals surface area contributed by atoms with Gasteiger partial charge in [-0.1, -0.05) is 0 Å². The molecule has 2 N–H and O–H groups in total. The molecule has 0 aliphatic rings. The molecule has 0 aromatic carbocycles. The third-order valence-electron chi connectivity index (χ3n) is 3.32. The second-order valence-electron chi connectivity index (χ2n) is 5.26. The van der Waals surface area contributed by atoms with Crippen molar-refractivity contribution in [2.24, 2.45) is 4.99 Å². The van der Waals surface area contributed by atoms with E-state index in [1.165, 1.54) is 0 Å². The Morgan fingerprint density at radius 1 is 1.22 bits per heavy atom. The summed E-state index contributed by atoms with van der Waals surface area (Å²) in [6.07, 6.45) is 5.19. The minimum Gasteiger partial charge on any atom is -0.383 e. The number of guanidine groups is 1. The molecule has 0 aliphatic heterocycles. The van der Waals surface area contributed by atoms with Gasteiger partial charge >= 0.3 is 0 Å². The Bertz CT molecular complexity index is 397. The first kappa shape index (κ1) is 22.2. The largest absolute Gasteiger partial charge is 0.383 e. The van der Waals surface area contributed by atoms with Crippen LogP contribution >= 0.6 is 24.0 Å². The SMILES string of the molecule is CCNC(=NCCCN(C)CCOC)NCCn1cccc1.I. The van der Waals surface area contributed by atoms with Crippen LogP contribution in [0.4, 0.5) is 0 Å². The van der Waals surface area contributed by atoms with Crippen LogP contribution in [0.1, 0.15) is 13.3 Å². The zero-order valence-corrected chi connectivity index (χ0v) is 17.0. The first-order chi connectivity index (χ1) is 10.8. The molecule has 7 heteroatoms. The molecule has 134 valence electrons. The third-order valence-corrected chi connectivity index (χ3v) is 3.32. The summed E-state index contributed by atoms with van der Waals surface area (Å²) in [5, 5.41) is 6.65. The van der Waals surface area contributed by atoms with E-state index in [0.29, 0.717) is 0 Å². The average Bonchev–Trinajstić information content (AvgIpc) is 3.02. The van der Waals surface area contributed by atoms with Gasteiger partial charge in [0, 0.05) is 52.2 Å². The fourth-order valence-electron chi connectivity index (χ4n) is 2.05. The first-order valence-electron chi connectivity index (χ1n) is 8.06. The van der Waals surface area contributed by atoms with Crippen molar-refractivity contribution >= 4 is 29.9 Å². The smallest absolute Gasteiger partial charge is 0.191 e. The Balaban J connectivity index is 0.00000484. The van der Waals surface area contributed by atoms with Gasteiger partial charge in [-0.3, -0.25) is 4.99 Å². The number of halogens is 1. The number of likely N-dealkylation sites (N-methyl/N-ethyl adjacent to an activating group) is 1. The maximum absolute atomic E-state index is 5.07. The van der Waals surface area contributed by atoms with E-state index in [2.05, 4.69) is 51.5 Å². The van der Waals surface area contributed by atoms with Gasteiger partial charge in [-0.05, 0) is 39.1 Å². The summed E-state index contributed by atoms with van der Waals surface area (Å²) in [4.78, 5) is 6.88. The monoisotopic (exact) mass is 437 g/mol. The number of aliphatic imine (C=N–C) groups is 1. The highest BCUT2D eigenvalue weighted by molar-refractivity contribution is 14.0. The van der Waals surface area contributed by atoms with E-state index in [0.717, 1.165) is 58.3 Å². The highest BCUT2D eigenvalue weighted by Gasteiger charge is 1.99. The lowest BCUT2D eigenvalue weighted by atomic mass is 10.4. The predicted molar refractivity (Wildman–Crippen MR) is 108 cm³/mol. The lowest BCUT2D eigenvalue weighted by Crippen LogP contribution is -2.39. The van der Waals surface area contributed by atoms with Crippen LogP contribution in [-0.2, 0) is 11.3 Å². The minimum absolute atomic E-state index is 0. The lowest BCUT2D eigenvalue weighted by Gasteiger charge is -2.15. The number of rotatable bonds is 11. The Kier molecular flexibility index (Phi) is 14.3. The minimum atomic E-state index is 0. The van der Waals surface area contributed by atoms with Crippen molar-refractivity contribution in [3.63, 3.8) is 0 Å². The second-order valence-corrected chi connectivity index (χ2v) is 5.26. The molecule has 0 aliphatic carbocycles. The molecule has 0 fully saturated rings. The van der Waals surface area contributed by atoms with E-state index in [1.54, 1.807) is 7.11 Å². The van der Waals surface area contributed by atoms with Crippen LogP contribution in [0.5, 0.6) is 0 Å². The quantitative estimate of drug-likeness (QED) is 0.239. The van der Waals surface area contributed by atoms with Crippen LogP contribution in [0.15, 0.2) is 29.5 Å².